The summed E-state index contributed by atoms with van der Waals surface area (Å²) < 4.78 is 0. The third-order valence-electron chi connectivity index (χ3n) is 2.76. The van der Waals surface area contributed by atoms with Gasteiger partial charge in [-0.05, 0) is 19.8 Å². The van der Waals surface area contributed by atoms with Crippen LogP contribution in [0.5, 0.6) is 0 Å². The van der Waals surface area contributed by atoms with Gasteiger partial charge in [-0.3, -0.25) is 4.79 Å². The van der Waals surface area contributed by atoms with Gasteiger partial charge in [-0.2, -0.15) is 0 Å². The first kappa shape index (κ1) is 13.4. The number of hydrogen-bond acceptors (Lipinski definition) is 4. The minimum Gasteiger partial charge on any atom is -0.327 e. The van der Waals surface area contributed by atoms with E-state index in [1.54, 1.807) is 6.20 Å². The van der Waals surface area contributed by atoms with Gasteiger partial charge in [0.15, 0.2) is 5.13 Å². The standard InChI is InChI=1S/C10H15N3OS.ClH/c1-6-5-12-10(15-6)13-9(14)7-3-2-4-8(7)11;/h5,7-8H,2-4,11H2,1H3,(H,12,13,14);1H. The molecule has 0 aromatic carbocycles. The third-order valence-corrected chi connectivity index (χ3v) is 3.59. The van der Waals surface area contributed by atoms with E-state index in [9.17, 15) is 4.79 Å². The van der Waals surface area contributed by atoms with Gasteiger partial charge < -0.3 is 11.1 Å². The molecule has 90 valence electrons. The molecule has 3 N–H and O–H groups in total. The van der Waals surface area contributed by atoms with E-state index in [2.05, 4.69) is 10.3 Å². The molecule has 2 atom stereocenters. The van der Waals surface area contributed by atoms with Crippen molar-refractivity contribution in [2.75, 3.05) is 5.32 Å². The van der Waals surface area contributed by atoms with Crippen LogP contribution in [-0.2, 0) is 4.79 Å². The van der Waals surface area contributed by atoms with Crippen molar-refractivity contribution in [2.24, 2.45) is 11.7 Å². The van der Waals surface area contributed by atoms with Gasteiger partial charge in [0.25, 0.3) is 0 Å². The molecule has 1 fully saturated rings. The highest BCUT2D eigenvalue weighted by molar-refractivity contribution is 7.15. The Morgan fingerprint density at radius 1 is 1.62 bits per heavy atom. The first-order valence-corrected chi connectivity index (χ1v) is 5.97. The Morgan fingerprint density at radius 2 is 2.38 bits per heavy atom. The average Bonchev–Trinajstić information content (AvgIpc) is 2.75. The lowest BCUT2D eigenvalue weighted by Crippen LogP contribution is -2.34. The van der Waals surface area contributed by atoms with Crippen LogP contribution in [0.3, 0.4) is 0 Å². The molecule has 6 heteroatoms. The lowest BCUT2D eigenvalue weighted by atomic mass is 10.0. The number of aromatic nitrogens is 1. The number of anilines is 1. The van der Waals surface area contributed by atoms with E-state index in [1.165, 1.54) is 11.3 Å². The molecule has 0 radical (unpaired) electrons. The number of amides is 1. The van der Waals surface area contributed by atoms with Gasteiger partial charge in [0.05, 0.1) is 5.92 Å². The van der Waals surface area contributed by atoms with E-state index >= 15 is 0 Å². The monoisotopic (exact) mass is 261 g/mol. The first-order valence-electron chi connectivity index (χ1n) is 5.15. The molecule has 1 aliphatic carbocycles. The summed E-state index contributed by atoms with van der Waals surface area (Å²) in [5.74, 6) is -0.0106. The number of nitrogens with two attached hydrogens (primary N) is 1. The minimum atomic E-state index is -0.0331. The van der Waals surface area contributed by atoms with Gasteiger partial charge in [0.2, 0.25) is 5.91 Å². The normalized spacial score (nSPS) is 23.9. The molecule has 1 aromatic rings. The molecule has 2 unspecified atom stereocenters. The Kier molecular flexibility index (Phi) is 4.70. The molecule has 2 rings (SSSR count). The highest BCUT2D eigenvalue weighted by Gasteiger charge is 2.30. The lowest BCUT2D eigenvalue weighted by molar-refractivity contribution is -0.120. The summed E-state index contributed by atoms with van der Waals surface area (Å²) in [7, 11) is 0. The van der Waals surface area contributed by atoms with Crippen molar-refractivity contribution < 1.29 is 4.79 Å². The molecule has 1 amide bonds. The number of carbonyl (C=O) groups is 1. The van der Waals surface area contributed by atoms with Gasteiger partial charge in [0, 0.05) is 17.1 Å². The molecule has 0 bridgehead atoms. The topological polar surface area (TPSA) is 68.0 Å². The fraction of sp³-hybridized carbons (Fsp3) is 0.600. The van der Waals surface area contributed by atoms with Crippen LogP contribution in [0.2, 0.25) is 0 Å². The summed E-state index contributed by atoms with van der Waals surface area (Å²) in [6.45, 7) is 1.97. The highest BCUT2D eigenvalue weighted by atomic mass is 35.5. The molecule has 0 spiro atoms. The Morgan fingerprint density at radius 3 is 2.88 bits per heavy atom. The number of thiazole rings is 1. The van der Waals surface area contributed by atoms with Gasteiger partial charge >= 0.3 is 0 Å². The SMILES string of the molecule is Cc1cnc(NC(=O)C2CCCC2N)s1.Cl. The maximum atomic E-state index is 11.8. The zero-order valence-corrected chi connectivity index (χ0v) is 10.7. The summed E-state index contributed by atoms with van der Waals surface area (Å²) in [6, 6.07) is 0.0195. The summed E-state index contributed by atoms with van der Waals surface area (Å²) in [5.41, 5.74) is 5.86. The van der Waals surface area contributed by atoms with Gasteiger partial charge in [-0.25, -0.2) is 4.98 Å². The fourth-order valence-electron chi connectivity index (χ4n) is 1.92. The Balaban J connectivity index is 0.00000128. The van der Waals surface area contributed by atoms with E-state index in [-0.39, 0.29) is 30.3 Å². The molecular weight excluding hydrogens is 246 g/mol. The number of hydrogen-bond donors (Lipinski definition) is 2. The van der Waals surface area contributed by atoms with Crippen LogP contribution in [0.25, 0.3) is 0 Å². The molecule has 4 nitrogen and oxygen atoms in total. The van der Waals surface area contributed by atoms with Crippen molar-refractivity contribution in [3.63, 3.8) is 0 Å². The van der Waals surface area contributed by atoms with Crippen LogP contribution in [-0.4, -0.2) is 16.9 Å². The van der Waals surface area contributed by atoms with E-state index in [1.807, 2.05) is 6.92 Å². The second-order valence-corrected chi connectivity index (χ2v) is 5.20. The van der Waals surface area contributed by atoms with Crippen LogP contribution in [0.4, 0.5) is 5.13 Å². The maximum Gasteiger partial charge on any atom is 0.230 e. The van der Waals surface area contributed by atoms with Crippen molar-refractivity contribution in [2.45, 2.75) is 32.2 Å². The van der Waals surface area contributed by atoms with E-state index in [4.69, 9.17) is 5.73 Å². The van der Waals surface area contributed by atoms with Crippen LogP contribution < -0.4 is 11.1 Å². The van der Waals surface area contributed by atoms with Crippen LogP contribution in [0, 0.1) is 12.8 Å². The molecule has 0 saturated heterocycles. The fourth-order valence-corrected chi connectivity index (χ4v) is 2.59. The quantitative estimate of drug-likeness (QED) is 0.855. The van der Waals surface area contributed by atoms with Crippen molar-refractivity contribution >= 4 is 34.8 Å². The van der Waals surface area contributed by atoms with Crippen molar-refractivity contribution in [1.82, 2.24) is 4.98 Å². The summed E-state index contributed by atoms with van der Waals surface area (Å²) in [5, 5.41) is 3.50. The zero-order valence-electron chi connectivity index (χ0n) is 9.10. The molecule has 16 heavy (non-hydrogen) atoms. The van der Waals surface area contributed by atoms with Crippen molar-refractivity contribution in [3.05, 3.63) is 11.1 Å². The van der Waals surface area contributed by atoms with Crippen LogP contribution >= 0.6 is 23.7 Å². The Labute approximate surface area is 105 Å². The number of aryl methyl sites for hydroxylation is 1. The summed E-state index contributed by atoms with van der Waals surface area (Å²) >= 11 is 1.49. The maximum absolute atomic E-state index is 11.8. The van der Waals surface area contributed by atoms with Crippen molar-refractivity contribution in [3.8, 4) is 0 Å². The number of halogens is 1. The minimum absolute atomic E-state index is 0. The average molecular weight is 262 g/mol. The number of nitrogens with zero attached hydrogens (tertiary/aromatic N) is 1. The number of rotatable bonds is 2. The summed E-state index contributed by atoms with van der Waals surface area (Å²) in [4.78, 5) is 17.0. The molecule has 1 saturated carbocycles. The van der Waals surface area contributed by atoms with Gasteiger partial charge in [-0.15, -0.1) is 23.7 Å². The second-order valence-electron chi connectivity index (χ2n) is 3.97. The van der Waals surface area contributed by atoms with Crippen molar-refractivity contribution in [1.29, 1.82) is 0 Å². The van der Waals surface area contributed by atoms with Crippen LogP contribution in [0.15, 0.2) is 6.20 Å². The van der Waals surface area contributed by atoms with Crippen LogP contribution in [0.1, 0.15) is 24.1 Å². The molecule has 1 aromatic heterocycles. The van der Waals surface area contributed by atoms with E-state index in [0.717, 1.165) is 24.1 Å². The zero-order chi connectivity index (χ0) is 10.8. The van der Waals surface area contributed by atoms with E-state index < -0.39 is 0 Å². The lowest BCUT2D eigenvalue weighted by Gasteiger charge is -2.13. The predicted molar refractivity (Wildman–Crippen MR) is 68.0 cm³/mol. The van der Waals surface area contributed by atoms with Gasteiger partial charge in [0.1, 0.15) is 0 Å². The smallest absolute Gasteiger partial charge is 0.230 e. The molecule has 1 heterocycles. The predicted octanol–water partition coefficient (Wildman–Crippen LogP) is 1.94. The number of nitrogens with one attached hydrogen (secondary N) is 1. The highest BCUT2D eigenvalue weighted by Crippen LogP contribution is 2.26. The Hall–Kier alpha value is -0.650. The van der Waals surface area contributed by atoms with Gasteiger partial charge in [-0.1, -0.05) is 6.42 Å². The Bertz CT molecular complexity index is 369. The largest absolute Gasteiger partial charge is 0.327 e. The molecule has 1 aliphatic rings. The third kappa shape index (κ3) is 2.93. The number of carbonyl (C=O) groups excluding carboxylic acids is 1. The van der Waals surface area contributed by atoms with E-state index in [0.29, 0.717) is 5.13 Å². The second kappa shape index (κ2) is 5.61. The molecular formula is C10H16ClN3OS. The first-order chi connectivity index (χ1) is 7.16. The molecule has 0 aliphatic heterocycles. The summed E-state index contributed by atoms with van der Waals surface area (Å²) in [6.07, 6.45) is 4.66.